The molecule has 0 radical (unpaired) electrons. The third-order valence-corrected chi connectivity index (χ3v) is 5.21. The second-order valence-corrected chi connectivity index (χ2v) is 7.50. The smallest absolute Gasteiger partial charge is 0.226 e. The summed E-state index contributed by atoms with van der Waals surface area (Å²) in [6.07, 6.45) is 2.23. The van der Waals surface area contributed by atoms with Crippen LogP contribution in [0.15, 0.2) is 53.1 Å². The highest BCUT2D eigenvalue weighted by molar-refractivity contribution is 5.83. The molecule has 4 rings (SSSR count). The standard InChI is InChI=1S/C23H26N2O4/c26-23(24-14-17-7-9-27-10-8-17)13-21-12-22(29-25-21)16-28-15-18-5-6-19-3-1-2-4-20(19)11-18/h1-6,11-12,17H,7-10,13-16H2,(H,24,26). The predicted molar refractivity (Wildman–Crippen MR) is 109 cm³/mol. The van der Waals surface area contributed by atoms with Gasteiger partial charge in [0, 0.05) is 25.8 Å². The summed E-state index contributed by atoms with van der Waals surface area (Å²) in [7, 11) is 0. The Morgan fingerprint density at radius 2 is 1.90 bits per heavy atom. The van der Waals surface area contributed by atoms with Crippen LogP contribution in [0.1, 0.15) is 29.9 Å². The lowest BCUT2D eigenvalue weighted by Crippen LogP contribution is -2.33. The number of nitrogens with zero attached hydrogens (tertiary/aromatic N) is 1. The Balaban J connectivity index is 1.20. The fourth-order valence-electron chi connectivity index (χ4n) is 3.54. The lowest BCUT2D eigenvalue weighted by Gasteiger charge is -2.21. The van der Waals surface area contributed by atoms with Crippen molar-refractivity contribution in [2.45, 2.75) is 32.5 Å². The number of amides is 1. The zero-order chi connectivity index (χ0) is 19.9. The summed E-state index contributed by atoms with van der Waals surface area (Å²) in [5, 5.41) is 9.37. The van der Waals surface area contributed by atoms with Crippen LogP contribution in [0.4, 0.5) is 0 Å². The predicted octanol–water partition coefficient (Wildman–Crippen LogP) is 3.63. The van der Waals surface area contributed by atoms with Gasteiger partial charge in [0.25, 0.3) is 0 Å². The maximum absolute atomic E-state index is 12.1. The molecule has 29 heavy (non-hydrogen) atoms. The lowest BCUT2D eigenvalue weighted by atomic mass is 10.0. The summed E-state index contributed by atoms with van der Waals surface area (Å²) in [6.45, 7) is 3.08. The Kier molecular flexibility index (Phi) is 6.54. The Morgan fingerprint density at radius 3 is 2.76 bits per heavy atom. The molecule has 6 nitrogen and oxygen atoms in total. The van der Waals surface area contributed by atoms with Crippen LogP contribution in [0.25, 0.3) is 10.8 Å². The highest BCUT2D eigenvalue weighted by Gasteiger charge is 2.15. The summed E-state index contributed by atoms with van der Waals surface area (Å²) in [5.74, 6) is 1.09. The Labute approximate surface area is 170 Å². The molecular weight excluding hydrogens is 368 g/mol. The van der Waals surface area contributed by atoms with Gasteiger partial charge in [0.2, 0.25) is 5.91 Å². The van der Waals surface area contributed by atoms with Gasteiger partial charge in [-0.2, -0.15) is 0 Å². The normalized spacial score (nSPS) is 14.9. The fourth-order valence-corrected chi connectivity index (χ4v) is 3.54. The van der Waals surface area contributed by atoms with E-state index in [0.717, 1.165) is 31.6 Å². The Bertz CT molecular complexity index is 947. The molecule has 3 aromatic rings. The zero-order valence-electron chi connectivity index (χ0n) is 16.4. The van der Waals surface area contributed by atoms with E-state index in [-0.39, 0.29) is 12.3 Å². The van der Waals surface area contributed by atoms with E-state index < -0.39 is 0 Å². The van der Waals surface area contributed by atoms with Crippen molar-refractivity contribution in [2.24, 2.45) is 5.92 Å². The number of ether oxygens (including phenoxy) is 2. The number of rotatable bonds is 8. The topological polar surface area (TPSA) is 73.6 Å². The molecule has 1 fully saturated rings. The minimum Gasteiger partial charge on any atom is -0.381 e. The number of hydrogen-bond donors (Lipinski definition) is 1. The minimum absolute atomic E-state index is 0.0339. The van der Waals surface area contributed by atoms with E-state index in [1.165, 1.54) is 10.8 Å². The first kappa shape index (κ1) is 19.6. The third-order valence-electron chi connectivity index (χ3n) is 5.21. The monoisotopic (exact) mass is 394 g/mol. The van der Waals surface area contributed by atoms with Crippen LogP contribution in [-0.4, -0.2) is 30.8 Å². The molecule has 1 N–H and O–H groups in total. The number of benzene rings is 2. The number of aromatic nitrogens is 1. The van der Waals surface area contributed by atoms with E-state index in [0.29, 0.717) is 37.1 Å². The quantitative estimate of drug-likeness (QED) is 0.632. The van der Waals surface area contributed by atoms with Crippen molar-refractivity contribution >= 4 is 16.7 Å². The van der Waals surface area contributed by atoms with Gasteiger partial charge >= 0.3 is 0 Å². The molecule has 2 aromatic carbocycles. The molecule has 0 spiro atoms. The van der Waals surface area contributed by atoms with Crippen molar-refractivity contribution in [2.75, 3.05) is 19.8 Å². The molecule has 6 heteroatoms. The van der Waals surface area contributed by atoms with Crippen molar-refractivity contribution in [3.63, 3.8) is 0 Å². The first-order valence-corrected chi connectivity index (χ1v) is 10.1. The number of nitrogens with one attached hydrogen (secondary N) is 1. The molecule has 0 bridgehead atoms. The van der Waals surface area contributed by atoms with Gasteiger partial charge in [0.15, 0.2) is 5.76 Å². The van der Waals surface area contributed by atoms with Crippen LogP contribution in [0.5, 0.6) is 0 Å². The van der Waals surface area contributed by atoms with Gasteiger partial charge in [-0.25, -0.2) is 0 Å². The van der Waals surface area contributed by atoms with E-state index >= 15 is 0 Å². The molecule has 0 atom stereocenters. The van der Waals surface area contributed by atoms with Crippen LogP contribution >= 0.6 is 0 Å². The second-order valence-electron chi connectivity index (χ2n) is 7.50. The number of hydrogen-bond acceptors (Lipinski definition) is 5. The fraction of sp³-hybridized carbons (Fsp3) is 0.391. The van der Waals surface area contributed by atoms with Gasteiger partial charge in [-0.1, -0.05) is 41.6 Å². The molecule has 0 aliphatic carbocycles. The van der Waals surface area contributed by atoms with E-state index in [1.54, 1.807) is 6.07 Å². The third kappa shape index (κ3) is 5.65. The summed E-state index contributed by atoms with van der Waals surface area (Å²) in [4.78, 5) is 12.1. The Morgan fingerprint density at radius 1 is 1.07 bits per heavy atom. The molecule has 1 aromatic heterocycles. The largest absolute Gasteiger partial charge is 0.381 e. The maximum Gasteiger partial charge on any atom is 0.226 e. The number of carbonyl (C=O) groups is 1. The molecule has 2 heterocycles. The van der Waals surface area contributed by atoms with E-state index in [4.69, 9.17) is 14.0 Å². The Hall–Kier alpha value is -2.70. The molecule has 1 aliphatic rings. The summed E-state index contributed by atoms with van der Waals surface area (Å²) in [5.41, 5.74) is 1.73. The summed E-state index contributed by atoms with van der Waals surface area (Å²) < 4.78 is 16.4. The minimum atomic E-state index is -0.0339. The second kappa shape index (κ2) is 9.67. The van der Waals surface area contributed by atoms with Gasteiger partial charge in [-0.05, 0) is 41.2 Å². The van der Waals surface area contributed by atoms with Gasteiger partial charge in [0.05, 0.1) is 18.7 Å². The van der Waals surface area contributed by atoms with Crippen molar-refractivity contribution in [1.29, 1.82) is 0 Å². The molecule has 0 unspecified atom stereocenters. The van der Waals surface area contributed by atoms with Gasteiger partial charge in [-0.15, -0.1) is 0 Å². The van der Waals surface area contributed by atoms with Crippen LogP contribution < -0.4 is 5.32 Å². The van der Waals surface area contributed by atoms with Crippen molar-refractivity contribution in [1.82, 2.24) is 10.5 Å². The maximum atomic E-state index is 12.1. The highest BCUT2D eigenvalue weighted by atomic mass is 16.5. The molecule has 1 amide bonds. The zero-order valence-corrected chi connectivity index (χ0v) is 16.4. The van der Waals surface area contributed by atoms with Crippen LogP contribution in [0, 0.1) is 5.92 Å². The summed E-state index contributed by atoms with van der Waals surface area (Å²) in [6, 6.07) is 16.3. The van der Waals surface area contributed by atoms with Crippen molar-refractivity contribution in [3.05, 3.63) is 65.5 Å². The van der Waals surface area contributed by atoms with Crippen molar-refractivity contribution < 1.29 is 18.8 Å². The van der Waals surface area contributed by atoms with E-state index in [1.807, 2.05) is 12.1 Å². The molecule has 1 aliphatic heterocycles. The molecule has 1 saturated heterocycles. The SMILES string of the molecule is O=C(Cc1cc(COCc2ccc3ccccc3c2)on1)NCC1CCOCC1. The first-order chi connectivity index (χ1) is 14.3. The molecule has 0 saturated carbocycles. The van der Waals surface area contributed by atoms with Crippen LogP contribution in [-0.2, 0) is 33.9 Å². The van der Waals surface area contributed by atoms with Gasteiger partial charge in [-0.3, -0.25) is 4.79 Å². The number of carbonyl (C=O) groups excluding carboxylic acids is 1. The lowest BCUT2D eigenvalue weighted by molar-refractivity contribution is -0.120. The van der Waals surface area contributed by atoms with Crippen LogP contribution in [0.3, 0.4) is 0 Å². The van der Waals surface area contributed by atoms with Gasteiger partial charge < -0.3 is 19.3 Å². The van der Waals surface area contributed by atoms with Gasteiger partial charge in [0.1, 0.15) is 6.61 Å². The number of fused-ring (bicyclic) bond motifs is 1. The average molecular weight is 394 g/mol. The average Bonchev–Trinajstić information content (AvgIpc) is 3.20. The molecule has 152 valence electrons. The summed E-state index contributed by atoms with van der Waals surface area (Å²) >= 11 is 0. The van der Waals surface area contributed by atoms with Crippen LogP contribution in [0.2, 0.25) is 0 Å². The van der Waals surface area contributed by atoms with E-state index in [2.05, 4.69) is 40.8 Å². The molecular formula is C23H26N2O4. The first-order valence-electron chi connectivity index (χ1n) is 10.1. The van der Waals surface area contributed by atoms with E-state index in [9.17, 15) is 4.79 Å². The van der Waals surface area contributed by atoms with Crippen molar-refractivity contribution in [3.8, 4) is 0 Å². The highest BCUT2D eigenvalue weighted by Crippen LogP contribution is 2.17.